The number of rotatable bonds is 7. The van der Waals surface area contributed by atoms with Crippen molar-refractivity contribution in [2.75, 3.05) is 32.4 Å². The van der Waals surface area contributed by atoms with Crippen LogP contribution in [0.5, 0.6) is 0 Å². The highest BCUT2D eigenvalue weighted by molar-refractivity contribution is 7.88. The molecule has 0 aromatic rings. The molecule has 0 radical (unpaired) electrons. The Kier molecular flexibility index (Phi) is 9.37. The number of carbonyl (C=O) groups excluding carboxylic acids is 1. The molecule has 20 heavy (non-hydrogen) atoms. The normalized spacial score (nSPS) is 18.1. The van der Waals surface area contributed by atoms with Gasteiger partial charge in [0.2, 0.25) is 15.9 Å². The monoisotopic (exact) mass is 327 g/mol. The third kappa shape index (κ3) is 8.73. The fourth-order valence-corrected chi connectivity index (χ4v) is 2.86. The van der Waals surface area contributed by atoms with Crippen LogP contribution in [0.3, 0.4) is 0 Å². The second-order valence-corrected chi connectivity index (χ2v) is 7.12. The van der Waals surface area contributed by atoms with Gasteiger partial charge in [0.1, 0.15) is 0 Å². The summed E-state index contributed by atoms with van der Waals surface area (Å²) in [5.41, 5.74) is 0. The fraction of sp³-hybridized carbons (Fsp3) is 0.917. The maximum Gasteiger partial charge on any atom is 0.220 e. The molecule has 0 saturated carbocycles. The first-order chi connectivity index (χ1) is 8.88. The number of nitrogens with one attached hydrogen (secondary N) is 3. The van der Waals surface area contributed by atoms with Crippen molar-refractivity contribution in [2.24, 2.45) is 11.8 Å². The van der Waals surface area contributed by atoms with E-state index in [4.69, 9.17) is 0 Å². The lowest BCUT2D eigenvalue weighted by Gasteiger charge is -2.27. The van der Waals surface area contributed by atoms with Crippen LogP contribution in [0.4, 0.5) is 0 Å². The van der Waals surface area contributed by atoms with Gasteiger partial charge in [-0.3, -0.25) is 4.79 Å². The molecule has 1 unspecified atom stereocenters. The van der Waals surface area contributed by atoms with E-state index < -0.39 is 10.0 Å². The van der Waals surface area contributed by atoms with Crippen LogP contribution in [-0.4, -0.2) is 46.8 Å². The Morgan fingerprint density at radius 3 is 2.45 bits per heavy atom. The van der Waals surface area contributed by atoms with E-state index in [1.165, 1.54) is 0 Å². The predicted molar refractivity (Wildman–Crippen MR) is 82.5 cm³/mol. The minimum Gasteiger partial charge on any atom is -0.355 e. The second-order valence-electron chi connectivity index (χ2n) is 5.29. The van der Waals surface area contributed by atoms with Gasteiger partial charge >= 0.3 is 0 Å². The number of amides is 1. The van der Waals surface area contributed by atoms with Crippen LogP contribution in [0.25, 0.3) is 0 Å². The van der Waals surface area contributed by atoms with E-state index in [2.05, 4.69) is 22.3 Å². The number of hydrogen-bond donors (Lipinski definition) is 3. The maximum absolute atomic E-state index is 11.7. The Bertz CT molecular complexity index is 383. The zero-order chi connectivity index (χ0) is 14.3. The summed E-state index contributed by atoms with van der Waals surface area (Å²) in [6.07, 6.45) is 3.88. The van der Waals surface area contributed by atoms with Crippen LogP contribution in [0.15, 0.2) is 0 Å². The number of hydrogen-bond acceptors (Lipinski definition) is 4. The second kappa shape index (κ2) is 9.55. The Morgan fingerprint density at radius 2 is 1.90 bits per heavy atom. The van der Waals surface area contributed by atoms with Crippen molar-refractivity contribution in [1.82, 2.24) is 15.4 Å². The lowest BCUT2D eigenvalue weighted by molar-refractivity contribution is -0.122. The van der Waals surface area contributed by atoms with Crippen molar-refractivity contribution >= 4 is 28.3 Å². The average Bonchev–Trinajstić information content (AvgIpc) is 2.34. The molecule has 1 saturated heterocycles. The average molecular weight is 328 g/mol. The lowest BCUT2D eigenvalue weighted by atomic mass is 9.84. The summed E-state index contributed by atoms with van der Waals surface area (Å²) >= 11 is 0. The van der Waals surface area contributed by atoms with Crippen molar-refractivity contribution < 1.29 is 13.2 Å². The molecule has 1 atom stereocenters. The SMILES string of the molecule is CC(CC(=O)NCCNS(C)(=O)=O)C1CCNCC1.Cl. The Morgan fingerprint density at radius 1 is 1.30 bits per heavy atom. The van der Waals surface area contributed by atoms with Crippen molar-refractivity contribution in [3.63, 3.8) is 0 Å². The first kappa shape index (κ1) is 19.6. The molecule has 8 heteroatoms. The summed E-state index contributed by atoms with van der Waals surface area (Å²) in [6, 6.07) is 0. The van der Waals surface area contributed by atoms with E-state index in [0.717, 1.165) is 32.2 Å². The third-order valence-electron chi connectivity index (χ3n) is 3.51. The third-order valence-corrected chi connectivity index (χ3v) is 4.24. The molecule has 1 amide bonds. The standard InChI is InChI=1S/C12H25N3O3S.ClH/c1-10(11-3-5-13-6-4-11)9-12(16)14-7-8-15-19(2,17)18;/h10-11,13,15H,3-9H2,1-2H3,(H,14,16);1H. The molecule has 0 bridgehead atoms. The van der Waals surface area contributed by atoms with E-state index in [1.807, 2.05) is 0 Å². The Labute approximate surface area is 127 Å². The van der Waals surface area contributed by atoms with Crippen LogP contribution < -0.4 is 15.4 Å². The summed E-state index contributed by atoms with van der Waals surface area (Å²) in [5.74, 6) is 0.993. The first-order valence-corrected chi connectivity index (χ1v) is 8.69. The summed E-state index contributed by atoms with van der Waals surface area (Å²) in [6.45, 7) is 4.77. The summed E-state index contributed by atoms with van der Waals surface area (Å²) in [4.78, 5) is 11.7. The highest BCUT2D eigenvalue weighted by atomic mass is 35.5. The molecule has 0 spiro atoms. The first-order valence-electron chi connectivity index (χ1n) is 6.80. The van der Waals surface area contributed by atoms with Gasteiger partial charge in [0.15, 0.2) is 0 Å². The molecular formula is C12H26ClN3O3S. The van der Waals surface area contributed by atoms with Crippen molar-refractivity contribution in [1.29, 1.82) is 0 Å². The minimum atomic E-state index is -3.17. The van der Waals surface area contributed by atoms with Crippen LogP contribution in [-0.2, 0) is 14.8 Å². The van der Waals surface area contributed by atoms with E-state index in [-0.39, 0.29) is 24.9 Å². The Hall–Kier alpha value is -0.370. The number of sulfonamides is 1. The fourth-order valence-electron chi connectivity index (χ4n) is 2.38. The van der Waals surface area contributed by atoms with Gasteiger partial charge in [-0.25, -0.2) is 13.1 Å². The van der Waals surface area contributed by atoms with Gasteiger partial charge in [0.05, 0.1) is 6.26 Å². The number of carbonyl (C=O) groups is 1. The molecule has 1 aliphatic heterocycles. The van der Waals surface area contributed by atoms with Crippen molar-refractivity contribution in [2.45, 2.75) is 26.2 Å². The van der Waals surface area contributed by atoms with Crippen LogP contribution in [0.1, 0.15) is 26.2 Å². The van der Waals surface area contributed by atoms with E-state index in [9.17, 15) is 13.2 Å². The van der Waals surface area contributed by atoms with E-state index in [1.54, 1.807) is 0 Å². The van der Waals surface area contributed by atoms with Crippen molar-refractivity contribution in [3.05, 3.63) is 0 Å². The van der Waals surface area contributed by atoms with Gasteiger partial charge in [-0.05, 0) is 37.8 Å². The molecule has 120 valence electrons. The smallest absolute Gasteiger partial charge is 0.220 e. The molecule has 1 heterocycles. The lowest BCUT2D eigenvalue weighted by Crippen LogP contribution is -2.36. The van der Waals surface area contributed by atoms with Crippen molar-refractivity contribution in [3.8, 4) is 0 Å². The summed E-state index contributed by atoms with van der Waals surface area (Å²) in [7, 11) is -3.17. The van der Waals surface area contributed by atoms with Gasteiger partial charge in [0, 0.05) is 19.5 Å². The Balaban J connectivity index is 0.00000361. The highest BCUT2D eigenvalue weighted by Gasteiger charge is 2.21. The maximum atomic E-state index is 11.7. The zero-order valence-corrected chi connectivity index (χ0v) is 13.8. The quantitative estimate of drug-likeness (QED) is 0.579. The van der Waals surface area contributed by atoms with Gasteiger partial charge in [-0.2, -0.15) is 0 Å². The molecule has 6 nitrogen and oxygen atoms in total. The predicted octanol–water partition coefficient (Wildman–Crippen LogP) is 0.0994. The van der Waals surface area contributed by atoms with Gasteiger partial charge in [-0.1, -0.05) is 6.92 Å². The van der Waals surface area contributed by atoms with E-state index in [0.29, 0.717) is 24.8 Å². The van der Waals surface area contributed by atoms with Crippen LogP contribution >= 0.6 is 12.4 Å². The summed E-state index contributed by atoms with van der Waals surface area (Å²) in [5, 5.41) is 6.06. The van der Waals surface area contributed by atoms with Gasteiger partial charge in [-0.15, -0.1) is 12.4 Å². The molecule has 3 N–H and O–H groups in total. The molecule has 0 aliphatic carbocycles. The van der Waals surface area contributed by atoms with Gasteiger partial charge in [0.25, 0.3) is 0 Å². The van der Waals surface area contributed by atoms with E-state index >= 15 is 0 Å². The van der Waals surface area contributed by atoms with Gasteiger partial charge < -0.3 is 10.6 Å². The zero-order valence-electron chi connectivity index (χ0n) is 12.1. The van der Waals surface area contributed by atoms with Crippen LogP contribution in [0.2, 0.25) is 0 Å². The topological polar surface area (TPSA) is 87.3 Å². The molecule has 0 aromatic carbocycles. The molecular weight excluding hydrogens is 302 g/mol. The molecule has 1 rings (SSSR count). The number of piperidine rings is 1. The summed E-state index contributed by atoms with van der Waals surface area (Å²) < 4.78 is 24.0. The molecule has 1 aliphatic rings. The minimum absolute atomic E-state index is 0. The largest absolute Gasteiger partial charge is 0.355 e. The number of halogens is 1. The highest BCUT2D eigenvalue weighted by Crippen LogP contribution is 2.23. The molecule has 1 fully saturated rings. The molecule has 0 aromatic heterocycles. The van der Waals surface area contributed by atoms with Crippen LogP contribution in [0, 0.1) is 11.8 Å².